The van der Waals surface area contributed by atoms with Gasteiger partial charge in [-0.05, 0) is 243 Å². The van der Waals surface area contributed by atoms with Crippen LogP contribution in [-0.2, 0) is 76.1 Å². The molecule has 6 aromatic carbocycles. The number of aliphatic hydroxyl groups excluding tert-OH is 8. The lowest BCUT2D eigenvalue weighted by Gasteiger charge is -2.47. The van der Waals surface area contributed by atoms with E-state index in [0.717, 1.165) is 80.4 Å². The second-order valence-corrected chi connectivity index (χ2v) is 52.2. The van der Waals surface area contributed by atoms with Gasteiger partial charge in [-0.2, -0.15) is 0 Å². The molecule has 6 aromatic rings. The van der Waals surface area contributed by atoms with E-state index in [2.05, 4.69) is 117 Å². The van der Waals surface area contributed by atoms with Crippen molar-refractivity contribution in [1.29, 1.82) is 0 Å². The van der Waals surface area contributed by atoms with Crippen molar-refractivity contribution in [3.63, 3.8) is 0 Å². The fourth-order valence-corrected chi connectivity index (χ4v) is 17.1. The Hall–Kier alpha value is -5.33. The number of aliphatic hydroxyl groups is 8. The van der Waals surface area contributed by atoms with Gasteiger partial charge in [0.15, 0.2) is 45.5 Å². The second-order valence-electron chi connectivity index (χ2n) is 32.1. The SMILES string of the molecule is CN[C@@H](C)C(=O)O.COc1ccc(Cc2cc(Br)ccc2Cl)cc1.COc1ccc(Cc2cc([C@@H]3O[C@H](CO)[C@@H](O)[C@H](O)[C@H]3O)ccc2Cl)cc1.COc1ccc(Cc2cc([C@]3(OC)O[C@H](CO)[C@@H](O)[C@H](O)[C@H]3O)ccc2Cl)cc1.C[Si](C)(C)OC[C@H]1OC(=O)[C@H](O[Si](C)(C)C)[C@@H](O[Si](C)(C)C)[C@@H]1O[Si](C)(C)C.O=C(O)[C@@H]1CCCN1. The van der Waals surface area contributed by atoms with Crippen LogP contribution in [0.2, 0.25) is 93.6 Å². The Balaban J connectivity index is 0.000000262. The molecule has 10 rings (SSSR count). The van der Waals surface area contributed by atoms with Gasteiger partial charge in [0, 0.05) is 32.2 Å². The molecule has 34 heteroatoms. The Morgan fingerprint density at radius 2 is 1.02 bits per heavy atom. The number of carboxylic acid groups (broad SMARTS) is 2. The monoisotopic (exact) mass is 1810 g/mol. The summed E-state index contributed by atoms with van der Waals surface area (Å²) in [4.78, 5) is 32.9. The molecule has 0 amide bonds. The summed E-state index contributed by atoms with van der Waals surface area (Å²) in [7, 11) is 0.137. The summed E-state index contributed by atoms with van der Waals surface area (Å²) in [6.07, 6.45) is -10.1. The van der Waals surface area contributed by atoms with E-state index in [9.17, 15) is 55.2 Å². The normalized spacial score (nSPS) is 24.9. The van der Waals surface area contributed by atoms with Gasteiger partial charge in [-0.25, -0.2) is 4.79 Å². The quantitative estimate of drug-likeness (QED) is 0.0177. The summed E-state index contributed by atoms with van der Waals surface area (Å²) < 4.78 is 64.6. The number of aliphatic carboxylic acids is 2. The summed E-state index contributed by atoms with van der Waals surface area (Å²) >= 11 is 22.3. The molecule has 0 spiro atoms. The number of likely N-dealkylation sites (N-methyl/N-ethyl adjacent to an activating group) is 1. The van der Waals surface area contributed by atoms with Crippen LogP contribution in [0.3, 0.4) is 0 Å². The number of cyclic esters (lactones) is 1. The van der Waals surface area contributed by atoms with Crippen molar-refractivity contribution in [2.75, 3.05) is 61.9 Å². The predicted molar refractivity (Wildman–Crippen MR) is 459 cm³/mol. The van der Waals surface area contributed by atoms with Crippen LogP contribution >= 0.6 is 50.7 Å². The lowest BCUT2D eigenvalue weighted by Crippen LogP contribution is -2.64. The van der Waals surface area contributed by atoms with E-state index in [1.807, 2.05) is 78.9 Å². The summed E-state index contributed by atoms with van der Waals surface area (Å²) in [6.45, 7) is 27.1. The first kappa shape index (κ1) is 101. The molecule has 0 unspecified atom stereocenters. The highest BCUT2D eigenvalue weighted by Crippen LogP contribution is 2.42. The molecular weight excluding hydrogens is 1700 g/mol. The van der Waals surface area contributed by atoms with Crippen molar-refractivity contribution in [3.8, 4) is 17.2 Å². The molecule has 0 saturated carbocycles. The number of carbonyl (C=O) groups excluding carboxylic acids is 1. The number of nitrogens with one attached hydrogen (secondary N) is 2. The summed E-state index contributed by atoms with van der Waals surface area (Å²) in [5.41, 5.74) is 6.95. The predicted octanol–water partition coefficient (Wildman–Crippen LogP) is 11.3. The standard InChI is InChI=1S/C21H25ClO7.C20H23ClO6.C18H42O6Si4.C14H12BrClO.C5H9NO2.C4H9NO2/c1-27-15-6-3-12(4-7-15)9-13-10-14(5-8-16(13)22)21(28-2)20(26)19(25)18(24)17(11-23)29-21;1-26-14-5-2-11(3-6-14)8-13-9-12(4-7-15(13)21)20-19(25)18(24)17(23)16(10-22)27-20;1-25(2,3)20-13-14-15(22-26(4,5)6)16(23-27(7,8)9)17(18(19)21-14)24-28(10,11)12;1-17-13-5-2-10(3-6-13)8-11-9-12(15)4-7-14(11)16;7-5(8)4-2-1-3-6-4;1-3(5-2)4(6)7/h3-8,10,17-20,23-26H,9,11H2,1-2H3;2-7,9,16-20,22-25H,8,10H2,1H3;14-17H,13H2,1-12H3;2-7,9H,8H2,1H3;4,6H,1-3H2,(H,7,8);3,5H,1-2H3,(H,6,7)/t17-,18-,19+,20-,21+;16-,17-,18+,19-,20+;14-,15-,16+,17-;;4-;3-/m111.00/s1. The van der Waals surface area contributed by atoms with Crippen LogP contribution in [0.4, 0.5) is 0 Å². The fourth-order valence-electron chi connectivity index (χ4n) is 12.3. The minimum atomic E-state index is -2.00. The van der Waals surface area contributed by atoms with Crippen molar-refractivity contribution >= 4 is 102 Å². The van der Waals surface area contributed by atoms with E-state index in [1.165, 1.54) is 12.7 Å². The topological polar surface area (TPSA) is 379 Å². The minimum absolute atomic E-state index is 0.269. The van der Waals surface area contributed by atoms with E-state index < -0.39 is 143 Å². The van der Waals surface area contributed by atoms with Crippen LogP contribution < -0.4 is 24.8 Å². The Morgan fingerprint density at radius 3 is 1.41 bits per heavy atom. The van der Waals surface area contributed by atoms with Crippen LogP contribution in [0.25, 0.3) is 0 Å². The summed E-state index contributed by atoms with van der Waals surface area (Å²) in [5.74, 6) is -1.29. The van der Waals surface area contributed by atoms with Gasteiger partial charge in [-0.1, -0.05) is 105 Å². The van der Waals surface area contributed by atoms with E-state index in [1.54, 1.807) is 71.7 Å². The first-order valence-electron chi connectivity index (χ1n) is 38.1. The van der Waals surface area contributed by atoms with Crippen molar-refractivity contribution in [2.45, 2.75) is 215 Å². The average molecular weight is 1820 g/mol. The molecule has 646 valence electrons. The van der Waals surface area contributed by atoms with Crippen LogP contribution in [0.15, 0.2) is 132 Å². The number of hydrogen-bond acceptors (Lipinski definition) is 24. The Kier molecular flexibility index (Phi) is 40.7. The molecule has 4 fully saturated rings. The van der Waals surface area contributed by atoms with Gasteiger partial charge < -0.3 is 113 Å². The third-order valence-corrected chi connectivity index (χ3v) is 24.0. The average Bonchev–Trinajstić information content (AvgIpc) is 0.821. The van der Waals surface area contributed by atoms with Crippen LogP contribution in [0.5, 0.6) is 17.2 Å². The van der Waals surface area contributed by atoms with Gasteiger partial charge in [-0.3, -0.25) is 9.59 Å². The first-order valence-corrected chi connectivity index (χ1v) is 53.6. The largest absolute Gasteiger partial charge is 0.497 e. The number of esters is 1. The summed E-state index contributed by atoms with van der Waals surface area (Å²) in [6, 6.07) is 38.6. The molecule has 26 nitrogen and oxygen atoms in total. The Bertz CT molecular complexity index is 4000. The van der Waals surface area contributed by atoms with E-state index in [-0.39, 0.29) is 18.1 Å². The number of carboxylic acids is 2. The number of rotatable bonds is 26. The zero-order chi connectivity index (χ0) is 87.0. The molecule has 4 saturated heterocycles. The van der Waals surface area contributed by atoms with Crippen LogP contribution in [0.1, 0.15) is 70.4 Å². The lowest BCUT2D eigenvalue weighted by atomic mass is 9.87. The van der Waals surface area contributed by atoms with Gasteiger partial charge in [0.1, 0.15) is 96.5 Å². The van der Waals surface area contributed by atoms with Crippen LogP contribution in [0, 0.1) is 0 Å². The third kappa shape index (κ3) is 31.6. The van der Waals surface area contributed by atoms with Crippen LogP contribution in [-0.4, -0.2) is 249 Å². The number of methoxy groups -OCH3 is 4. The van der Waals surface area contributed by atoms with E-state index in [0.29, 0.717) is 40.6 Å². The van der Waals surface area contributed by atoms with E-state index >= 15 is 0 Å². The van der Waals surface area contributed by atoms with Crippen molar-refractivity contribution < 1.29 is 116 Å². The molecular formula is C82H120BrCl3N2O24Si4. The molecule has 4 aliphatic heterocycles. The smallest absolute Gasteiger partial charge is 0.337 e. The Morgan fingerprint density at radius 1 is 0.569 bits per heavy atom. The molecule has 0 aromatic heterocycles. The lowest BCUT2D eigenvalue weighted by molar-refractivity contribution is -0.366. The molecule has 116 heavy (non-hydrogen) atoms. The van der Waals surface area contributed by atoms with Gasteiger partial charge in [0.05, 0.1) is 41.2 Å². The minimum Gasteiger partial charge on any atom is -0.497 e. The van der Waals surface area contributed by atoms with Gasteiger partial charge in [0.25, 0.3) is 0 Å². The zero-order valence-corrected chi connectivity index (χ0v) is 77.2. The maximum Gasteiger partial charge on any atom is 0.337 e. The number of hydrogen-bond donors (Lipinski definition) is 12. The molecule has 4 heterocycles. The van der Waals surface area contributed by atoms with E-state index in [4.69, 9.17) is 95.9 Å². The van der Waals surface area contributed by atoms with Gasteiger partial charge in [0.2, 0.25) is 5.79 Å². The number of ether oxygens (including phenoxy) is 7. The Labute approximate surface area is 709 Å². The third-order valence-electron chi connectivity index (χ3n) is 18.5. The van der Waals surface area contributed by atoms with Crippen molar-refractivity contribution in [2.24, 2.45) is 0 Å². The molecule has 12 N–H and O–H groups in total. The molecule has 0 radical (unpaired) electrons. The molecule has 16 atom stereocenters. The molecule has 0 bridgehead atoms. The summed E-state index contributed by atoms with van der Waals surface area (Å²) in [5, 5.41) is 104. The highest BCUT2D eigenvalue weighted by molar-refractivity contribution is 9.10. The first-order chi connectivity index (χ1) is 54.2. The molecule has 4 aliphatic rings. The van der Waals surface area contributed by atoms with Gasteiger partial charge >= 0.3 is 17.9 Å². The number of benzene rings is 6. The van der Waals surface area contributed by atoms with Gasteiger partial charge in [-0.15, -0.1) is 0 Å². The fraction of sp³-hybridized carbons (Fsp3) is 0.524. The van der Waals surface area contributed by atoms with Crippen molar-refractivity contribution in [3.05, 3.63) is 191 Å². The maximum atomic E-state index is 12.9. The number of halogens is 4. The number of carbonyl (C=O) groups is 3. The highest BCUT2D eigenvalue weighted by Gasteiger charge is 2.56. The molecule has 0 aliphatic carbocycles. The second kappa shape index (κ2) is 46.6. The highest BCUT2D eigenvalue weighted by atomic mass is 79.9. The van der Waals surface area contributed by atoms with Crippen molar-refractivity contribution in [1.82, 2.24) is 10.6 Å². The zero-order valence-electron chi connectivity index (χ0n) is 69.3. The maximum absolute atomic E-state index is 12.9.